The fourth-order valence-corrected chi connectivity index (χ4v) is 5.16. The van der Waals surface area contributed by atoms with Crippen LogP contribution in [0.15, 0.2) is 34.9 Å². The van der Waals surface area contributed by atoms with E-state index in [0.717, 1.165) is 22.4 Å². The second-order valence-electron chi connectivity index (χ2n) is 9.62. The highest BCUT2D eigenvalue weighted by Crippen LogP contribution is 2.29. The first-order valence-corrected chi connectivity index (χ1v) is 12.9. The molecule has 2 atom stereocenters. The summed E-state index contributed by atoms with van der Waals surface area (Å²) in [6.45, 7) is 6.84. The number of pyridine rings is 1. The van der Waals surface area contributed by atoms with Crippen LogP contribution in [-0.2, 0) is 22.7 Å². The SMILES string of the molecule is Cc1ccc(Br)nc1C(NCc1ccc2c(c1)CN(C1CCC(=O)NC1=O)C2=O)c1nnnn1C(C)C. The number of aromatic nitrogens is 5. The molecule has 3 aromatic rings. The van der Waals surface area contributed by atoms with Gasteiger partial charge in [-0.3, -0.25) is 25.0 Å². The van der Waals surface area contributed by atoms with E-state index in [9.17, 15) is 14.4 Å². The maximum atomic E-state index is 13.0. The van der Waals surface area contributed by atoms with Crippen molar-refractivity contribution in [2.24, 2.45) is 0 Å². The fourth-order valence-electron chi connectivity index (χ4n) is 4.84. The van der Waals surface area contributed by atoms with E-state index >= 15 is 0 Å². The molecule has 1 aromatic carbocycles. The van der Waals surface area contributed by atoms with E-state index < -0.39 is 11.9 Å². The van der Waals surface area contributed by atoms with Crippen molar-refractivity contribution in [3.63, 3.8) is 0 Å². The van der Waals surface area contributed by atoms with Gasteiger partial charge >= 0.3 is 0 Å². The van der Waals surface area contributed by atoms with E-state index in [1.807, 2.05) is 45.0 Å². The topological polar surface area (TPSA) is 135 Å². The molecule has 0 radical (unpaired) electrons. The fraction of sp³-hybridized carbons (Fsp3) is 0.400. The van der Waals surface area contributed by atoms with E-state index in [1.54, 1.807) is 15.6 Å². The van der Waals surface area contributed by atoms with Crippen molar-refractivity contribution in [1.82, 2.24) is 40.7 Å². The molecule has 0 bridgehead atoms. The molecule has 2 aliphatic rings. The van der Waals surface area contributed by atoms with Gasteiger partial charge < -0.3 is 4.90 Å². The minimum Gasteiger partial charge on any atom is -0.322 e. The summed E-state index contributed by atoms with van der Waals surface area (Å²) in [5, 5.41) is 18.3. The average molecular weight is 567 g/mol. The number of amides is 3. The highest BCUT2D eigenvalue weighted by Gasteiger charge is 2.39. The van der Waals surface area contributed by atoms with Gasteiger partial charge in [-0.15, -0.1) is 5.10 Å². The molecule has 2 aliphatic heterocycles. The van der Waals surface area contributed by atoms with Gasteiger partial charge in [-0.25, -0.2) is 9.67 Å². The lowest BCUT2D eigenvalue weighted by Crippen LogP contribution is -2.52. The molecule has 37 heavy (non-hydrogen) atoms. The van der Waals surface area contributed by atoms with E-state index in [2.05, 4.69) is 42.1 Å². The molecular formula is C25H27BrN8O3. The molecule has 3 amide bonds. The highest BCUT2D eigenvalue weighted by molar-refractivity contribution is 9.10. The van der Waals surface area contributed by atoms with Gasteiger partial charge in [0.1, 0.15) is 16.7 Å². The largest absolute Gasteiger partial charge is 0.322 e. The number of nitrogens with one attached hydrogen (secondary N) is 2. The Hall–Kier alpha value is -3.51. The maximum Gasteiger partial charge on any atom is 0.255 e. The second-order valence-corrected chi connectivity index (χ2v) is 10.4. The molecule has 4 heterocycles. The molecule has 192 valence electrons. The quantitative estimate of drug-likeness (QED) is 0.328. The predicted octanol–water partition coefficient (Wildman–Crippen LogP) is 2.36. The number of hydrogen-bond donors (Lipinski definition) is 2. The zero-order chi connectivity index (χ0) is 26.3. The predicted molar refractivity (Wildman–Crippen MR) is 136 cm³/mol. The molecule has 1 saturated heterocycles. The summed E-state index contributed by atoms with van der Waals surface area (Å²) in [4.78, 5) is 43.2. The number of piperidine rings is 1. The van der Waals surface area contributed by atoms with Crippen LogP contribution in [0.1, 0.15) is 77.3 Å². The van der Waals surface area contributed by atoms with Crippen LogP contribution < -0.4 is 10.6 Å². The lowest BCUT2D eigenvalue weighted by atomic mass is 10.0. The van der Waals surface area contributed by atoms with Crippen molar-refractivity contribution in [3.05, 3.63) is 68.7 Å². The van der Waals surface area contributed by atoms with Gasteiger partial charge in [0, 0.05) is 25.1 Å². The summed E-state index contributed by atoms with van der Waals surface area (Å²) in [6, 6.07) is 8.63. The Morgan fingerprint density at radius 2 is 2.00 bits per heavy atom. The Labute approximate surface area is 222 Å². The molecule has 5 rings (SSSR count). The number of aryl methyl sites for hydroxylation is 1. The van der Waals surface area contributed by atoms with E-state index in [0.29, 0.717) is 35.5 Å². The number of carbonyl (C=O) groups is 3. The minimum atomic E-state index is -0.635. The average Bonchev–Trinajstić information content (AvgIpc) is 3.47. The van der Waals surface area contributed by atoms with Crippen molar-refractivity contribution in [1.29, 1.82) is 0 Å². The summed E-state index contributed by atoms with van der Waals surface area (Å²) in [7, 11) is 0. The molecule has 0 saturated carbocycles. The van der Waals surface area contributed by atoms with Gasteiger partial charge in [-0.2, -0.15) is 0 Å². The van der Waals surface area contributed by atoms with Gasteiger partial charge in [0.2, 0.25) is 11.8 Å². The van der Waals surface area contributed by atoms with E-state index in [1.165, 1.54) is 0 Å². The molecule has 2 N–H and O–H groups in total. The highest BCUT2D eigenvalue weighted by atomic mass is 79.9. The van der Waals surface area contributed by atoms with Gasteiger partial charge in [0.15, 0.2) is 5.82 Å². The Balaban J connectivity index is 1.39. The van der Waals surface area contributed by atoms with Crippen LogP contribution in [0.25, 0.3) is 0 Å². The third kappa shape index (κ3) is 4.90. The number of rotatable bonds is 7. The lowest BCUT2D eigenvalue weighted by Gasteiger charge is -2.29. The molecule has 0 aliphatic carbocycles. The number of hydrogen-bond acceptors (Lipinski definition) is 8. The smallest absolute Gasteiger partial charge is 0.255 e. The van der Waals surface area contributed by atoms with Crippen molar-refractivity contribution >= 4 is 33.7 Å². The number of benzene rings is 1. The second kappa shape index (κ2) is 10.1. The van der Waals surface area contributed by atoms with Gasteiger partial charge in [-0.05, 0) is 82.4 Å². The van der Waals surface area contributed by atoms with Gasteiger partial charge in [0.25, 0.3) is 5.91 Å². The first kappa shape index (κ1) is 25.2. The summed E-state index contributed by atoms with van der Waals surface area (Å²) in [5.41, 5.74) is 4.22. The van der Waals surface area contributed by atoms with Gasteiger partial charge in [0.05, 0.1) is 11.7 Å². The number of imide groups is 1. The maximum absolute atomic E-state index is 13.0. The Morgan fingerprint density at radius 1 is 1.19 bits per heavy atom. The van der Waals surface area contributed by atoms with Crippen LogP contribution in [0.2, 0.25) is 0 Å². The zero-order valence-corrected chi connectivity index (χ0v) is 22.3. The molecule has 1 fully saturated rings. The van der Waals surface area contributed by atoms with Crippen LogP contribution in [0.5, 0.6) is 0 Å². The number of halogens is 1. The Bertz CT molecular complexity index is 1390. The number of nitrogens with zero attached hydrogens (tertiary/aromatic N) is 6. The monoisotopic (exact) mass is 566 g/mol. The summed E-state index contributed by atoms with van der Waals surface area (Å²) in [6.07, 6.45) is 0.566. The third-order valence-corrected chi connectivity index (χ3v) is 7.18. The van der Waals surface area contributed by atoms with E-state index in [4.69, 9.17) is 4.98 Å². The van der Waals surface area contributed by atoms with Crippen molar-refractivity contribution in [2.45, 2.75) is 64.8 Å². The lowest BCUT2D eigenvalue weighted by molar-refractivity contribution is -0.136. The van der Waals surface area contributed by atoms with Crippen molar-refractivity contribution < 1.29 is 14.4 Å². The van der Waals surface area contributed by atoms with Crippen LogP contribution in [0, 0.1) is 6.92 Å². The van der Waals surface area contributed by atoms with Crippen LogP contribution in [-0.4, -0.2) is 53.9 Å². The molecule has 12 heteroatoms. The Morgan fingerprint density at radius 3 is 2.76 bits per heavy atom. The summed E-state index contributed by atoms with van der Waals surface area (Å²) >= 11 is 3.48. The number of fused-ring (bicyclic) bond motifs is 1. The molecule has 11 nitrogen and oxygen atoms in total. The molecule has 2 unspecified atom stereocenters. The molecule has 2 aromatic heterocycles. The molecule has 0 spiro atoms. The standard InChI is InChI=1S/C25H27BrN8O3/c1-13(2)34-23(30-31-32-34)22(21-14(3)4-8-19(26)28-21)27-11-15-5-6-17-16(10-15)12-33(25(17)37)18-7-9-20(35)29-24(18)36/h4-6,8,10,13,18,22,27H,7,9,11-12H2,1-3H3,(H,29,35,36). The third-order valence-electron chi connectivity index (χ3n) is 6.74. The van der Waals surface area contributed by atoms with Crippen molar-refractivity contribution in [2.75, 3.05) is 0 Å². The minimum absolute atomic E-state index is 0.0611. The number of tetrazole rings is 1. The first-order chi connectivity index (χ1) is 17.7. The van der Waals surface area contributed by atoms with Crippen LogP contribution in [0.4, 0.5) is 0 Å². The molecular weight excluding hydrogens is 540 g/mol. The van der Waals surface area contributed by atoms with Crippen LogP contribution in [0.3, 0.4) is 0 Å². The normalized spacial score (nSPS) is 18.4. The summed E-state index contributed by atoms with van der Waals surface area (Å²) < 4.78 is 2.49. The van der Waals surface area contributed by atoms with E-state index in [-0.39, 0.29) is 30.3 Å². The van der Waals surface area contributed by atoms with Gasteiger partial charge in [-0.1, -0.05) is 18.2 Å². The van der Waals surface area contributed by atoms with Crippen molar-refractivity contribution in [3.8, 4) is 0 Å². The number of carbonyl (C=O) groups excluding carboxylic acids is 3. The van der Waals surface area contributed by atoms with Crippen LogP contribution >= 0.6 is 15.9 Å². The Kier molecular flexibility index (Phi) is 6.86. The summed E-state index contributed by atoms with van der Waals surface area (Å²) in [5.74, 6) is -0.245. The first-order valence-electron chi connectivity index (χ1n) is 12.1. The zero-order valence-electron chi connectivity index (χ0n) is 20.7.